The van der Waals surface area contributed by atoms with Crippen LogP contribution < -0.4 is 24.9 Å². The van der Waals surface area contributed by atoms with E-state index >= 15 is 0 Å². The van der Waals surface area contributed by atoms with Crippen LogP contribution in [0.15, 0.2) is 87.8 Å². The molecule has 10 heteroatoms. The number of aromatic nitrogens is 1. The van der Waals surface area contributed by atoms with Gasteiger partial charge in [-0.25, -0.2) is 4.99 Å². The van der Waals surface area contributed by atoms with Gasteiger partial charge < -0.3 is 15.2 Å². The maximum Gasteiger partial charge on any atom is 0.271 e. The number of ether oxygens (including phenoxy) is 1. The molecule has 0 saturated carbocycles. The number of nitrogens with zero attached hydrogens (tertiary/aromatic N) is 2. The van der Waals surface area contributed by atoms with Crippen LogP contribution >= 0.6 is 45.5 Å². The quantitative estimate of drug-likeness (QED) is 0.301. The monoisotopic (exact) mass is 657 g/mol. The number of carbonyl (C=O) groups is 1. The van der Waals surface area contributed by atoms with Crippen molar-refractivity contribution in [1.82, 2.24) is 4.57 Å². The van der Waals surface area contributed by atoms with Crippen molar-refractivity contribution >= 4 is 63.2 Å². The Kier molecular flexibility index (Phi) is 7.42. The van der Waals surface area contributed by atoms with Crippen molar-refractivity contribution in [2.45, 2.75) is 13.0 Å². The Bertz CT molecular complexity index is 1760. The lowest BCUT2D eigenvalue weighted by Crippen LogP contribution is -2.40. The molecule has 2 heterocycles. The van der Waals surface area contributed by atoms with Crippen molar-refractivity contribution in [2.75, 3.05) is 12.4 Å². The number of hydrogen-bond donors (Lipinski definition) is 2. The van der Waals surface area contributed by atoms with Crippen molar-refractivity contribution in [3.63, 3.8) is 0 Å². The van der Waals surface area contributed by atoms with E-state index in [4.69, 9.17) is 16.3 Å². The first-order chi connectivity index (χ1) is 18.3. The summed E-state index contributed by atoms with van der Waals surface area (Å²) in [7, 11) is 1.58. The number of halogens is 2. The SMILES string of the molecule is COc1ccc([C@@H]2C(C(=O)Nc3ccccc3)=C(C)N=c3s/c(=C/c4cc(Cl)cc(I)c4O)c(=O)n32)cc1. The van der Waals surface area contributed by atoms with Gasteiger partial charge >= 0.3 is 0 Å². The van der Waals surface area contributed by atoms with E-state index < -0.39 is 6.04 Å². The number of anilines is 1. The molecule has 2 N–H and O–H groups in total. The number of hydrogen-bond acceptors (Lipinski definition) is 6. The summed E-state index contributed by atoms with van der Waals surface area (Å²) >= 11 is 9.37. The van der Waals surface area contributed by atoms with Gasteiger partial charge in [-0.05, 0) is 77.6 Å². The maximum atomic E-state index is 13.8. The Labute approximate surface area is 240 Å². The molecule has 0 fully saturated rings. The van der Waals surface area contributed by atoms with E-state index in [1.165, 1.54) is 15.9 Å². The summed E-state index contributed by atoms with van der Waals surface area (Å²) in [6.45, 7) is 1.76. The number of carbonyl (C=O) groups excluding carboxylic acids is 1. The molecule has 5 rings (SSSR count). The molecule has 1 amide bonds. The maximum absolute atomic E-state index is 13.8. The number of aromatic hydroxyl groups is 1. The van der Waals surface area contributed by atoms with Crippen LogP contribution in [0.2, 0.25) is 5.02 Å². The number of methoxy groups -OCH3 is 1. The highest BCUT2D eigenvalue weighted by molar-refractivity contribution is 14.1. The predicted octanol–water partition coefficient (Wildman–Crippen LogP) is 4.85. The number of fused-ring (bicyclic) bond motifs is 1. The van der Waals surface area contributed by atoms with Gasteiger partial charge in [0, 0.05) is 16.3 Å². The average Bonchev–Trinajstić information content (AvgIpc) is 3.20. The summed E-state index contributed by atoms with van der Waals surface area (Å²) in [5, 5.41) is 13.9. The molecular weight excluding hydrogens is 637 g/mol. The van der Waals surface area contributed by atoms with Crippen molar-refractivity contribution < 1.29 is 14.6 Å². The van der Waals surface area contributed by atoms with Gasteiger partial charge in [0.2, 0.25) is 0 Å². The van der Waals surface area contributed by atoms with E-state index in [1.807, 2.05) is 52.9 Å². The van der Waals surface area contributed by atoms with Crippen LogP contribution in [0.4, 0.5) is 5.69 Å². The third-order valence-corrected chi connectivity index (χ3v) is 8.10. The molecule has 192 valence electrons. The zero-order valence-electron chi connectivity index (χ0n) is 20.2. The molecule has 1 aliphatic rings. The number of rotatable bonds is 5. The van der Waals surface area contributed by atoms with Crippen molar-refractivity contribution in [2.24, 2.45) is 4.99 Å². The molecule has 4 aromatic rings. The minimum absolute atomic E-state index is 0.0339. The largest absolute Gasteiger partial charge is 0.506 e. The first kappa shape index (κ1) is 26.2. The Morgan fingerprint density at radius 1 is 1.18 bits per heavy atom. The highest BCUT2D eigenvalue weighted by Gasteiger charge is 2.32. The van der Waals surface area contributed by atoms with E-state index in [-0.39, 0.29) is 17.2 Å². The van der Waals surface area contributed by atoms with Gasteiger partial charge in [0.1, 0.15) is 11.5 Å². The Hall–Kier alpha value is -3.41. The van der Waals surface area contributed by atoms with Crippen LogP contribution in [0.1, 0.15) is 24.1 Å². The molecule has 1 atom stereocenters. The van der Waals surface area contributed by atoms with Gasteiger partial charge in [0.25, 0.3) is 11.5 Å². The molecule has 0 unspecified atom stereocenters. The molecule has 0 bridgehead atoms. The standard InChI is InChI=1S/C28H21ClIN3O4S/c1-15-23(26(35)32-19-6-4-3-5-7-19)24(16-8-10-20(37-2)11-9-16)33-27(36)22(38-28(33)31-15)13-17-12-18(29)14-21(30)25(17)34/h3-14,24,34H,1-2H3,(H,32,35)/b22-13+/t24-/m1/s1. The summed E-state index contributed by atoms with van der Waals surface area (Å²) in [5.74, 6) is 0.337. The van der Waals surface area contributed by atoms with Crippen molar-refractivity contribution in [1.29, 1.82) is 0 Å². The Morgan fingerprint density at radius 2 is 1.89 bits per heavy atom. The normalized spacial score (nSPS) is 15.2. The summed E-state index contributed by atoms with van der Waals surface area (Å²) < 4.78 is 7.76. The number of nitrogens with one attached hydrogen (secondary N) is 1. The molecule has 1 aromatic heterocycles. The van der Waals surface area contributed by atoms with Crippen LogP contribution in [-0.4, -0.2) is 22.7 Å². The number of allylic oxidation sites excluding steroid dienone is 1. The fourth-order valence-electron chi connectivity index (χ4n) is 4.27. The molecule has 0 aliphatic carbocycles. The van der Waals surface area contributed by atoms with Gasteiger partial charge in [-0.3, -0.25) is 14.2 Å². The lowest BCUT2D eigenvalue weighted by molar-refractivity contribution is -0.113. The second-order valence-corrected chi connectivity index (χ2v) is 11.1. The van der Waals surface area contributed by atoms with Crippen molar-refractivity contribution in [3.8, 4) is 11.5 Å². The zero-order chi connectivity index (χ0) is 27.0. The number of phenols is 1. The zero-order valence-corrected chi connectivity index (χ0v) is 24.0. The molecule has 3 aromatic carbocycles. The van der Waals surface area contributed by atoms with Crippen molar-refractivity contribution in [3.05, 3.63) is 117 Å². The molecule has 38 heavy (non-hydrogen) atoms. The van der Waals surface area contributed by atoms with E-state index in [1.54, 1.807) is 56.5 Å². The second kappa shape index (κ2) is 10.8. The summed E-state index contributed by atoms with van der Waals surface area (Å²) in [5.41, 5.74) is 2.32. The van der Waals surface area contributed by atoms with Crippen LogP contribution in [0, 0.1) is 3.57 Å². The number of phenolic OH excluding ortho intramolecular Hbond substituents is 1. The average molecular weight is 658 g/mol. The highest BCUT2D eigenvalue weighted by Crippen LogP contribution is 2.32. The number of amides is 1. The number of para-hydroxylation sites is 1. The minimum atomic E-state index is -0.726. The topological polar surface area (TPSA) is 92.9 Å². The molecule has 0 spiro atoms. The smallest absolute Gasteiger partial charge is 0.271 e. The highest BCUT2D eigenvalue weighted by atomic mass is 127. The van der Waals surface area contributed by atoms with Crippen LogP contribution in [0.5, 0.6) is 11.5 Å². The number of thiazole rings is 1. The fourth-order valence-corrected chi connectivity index (χ4v) is 6.37. The van der Waals surface area contributed by atoms with Gasteiger partial charge in [0.15, 0.2) is 4.80 Å². The molecule has 1 aliphatic heterocycles. The molecule has 7 nitrogen and oxygen atoms in total. The van der Waals surface area contributed by atoms with Gasteiger partial charge in [-0.1, -0.05) is 53.3 Å². The van der Waals surface area contributed by atoms with Gasteiger partial charge in [-0.2, -0.15) is 0 Å². The van der Waals surface area contributed by atoms with E-state index in [2.05, 4.69) is 10.3 Å². The summed E-state index contributed by atoms with van der Waals surface area (Å²) in [4.78, 5) is 32.5. The Balaban J connectivity index is 1.70. The van der Waals surface area contributed by atoms with E-state index in [9.17, 15) is 14.7 Å². The third-order valence-electron chi connectivity index (χ3n) is 6.07. The van der Waals surface area contributed by atoms with E-state index in [0.29, 0.717) is 46.2 Å². The predicted molar refractivity (Wildman–Crippen MR) is 158 cm³/mol. The lowest BCUT2D eigenvalue weighted by atomic mass is 9.95. The number of benzene rings is 3. The van der Waals surface area contributed by atoms with Crippen LogP contribution in [-0.2, 0) is 4.79 Å². The van der Waals surface area contributed by atoms with Gasteiger partial charge in [-0.15, -0.1) is 0 Å². The van der Waals surface area contributed by atoms with Crippen LogP contribution in [0.25, 0.3) is 6.08 Å². The van der Waals surface area contributed by atoms with Gasteiger partial charge in [0.05, 0.1) is 32.5 Å². The first-order valence-corrected chi connectivity index (χ1v) is 13.7. The first-order valence-electron chi connectivity index (χ1n) is 11.5. The summed E-state index contributed by atoms with van der Waals surface area (Å²) in [6.07, 6.45) is 1.60. The molecule has 0 radical (unpaired) electrons. The second-order valence-electron chi connectivity index (χ2n) is 8.50. The molecular formula is C28H21ClIN3O4S. The summed E-state index contributed by atoms with van der Waals surface area (Å²) in [6, 6.07) is 18.9. The Morgan fingerprint density at radius 3 is 2.58 bits per heavy atom. The molecule has 0 saturated heterocycles. The van der Waals surface area contributed by atoms with E-state index in [0.717, 1.165) is 5.56 Å². The third kappa shape index (κ3) is 5.01. The fraction of sp³-hybridized carbons (Fsp3) is 0.107. The minimum Gasteiger partial charge on any atom is -0.506 e. The van der Waals surface area contributed by atoms with Crippen LogP contribution in [0.3, 0.4) is 0 Å². The lowest BCUT2D eigenvalue weighted by Gasteiger charge is -2.25.